The molecule has 0 aromatic carbocycles. The summed E-state index contributed by atoms with van der Waals surface area (Å²) < 4.78 is 0. The molecule has 5 nitrogen and oxygen atoms in total. The quantitative estimate of drug-likeness (QED) is 0.555. The van der Waals surface area contributed by atoms with Crippen molar-refractivity contribution in [2.24, 2.45) is 51.3 Å². The third kappa shape index (κ3) is 3.13. The van der Waals surface area contributed by atoms with Crippen LogP contribution in [0.15, 0.2) is 5.16 Å². The summed E-state index contributed by atoms with van der Waals surface area (Å²) in [5.41, 5.74) is 6.91. The van der Waals surface area contributed by atoms with Crippen LogP contribution >= 0.6 is 0 Å². The Labute approximate surface area is 169 Å². The van der Waals surface area contributed by atoms with Crippen molar-refractivity contribution >= 4 is 11.5 Å². The molecule has 28 heavy (non-hydrogen) atoms. The van der Waals surface area contributed by atoms with Crippen LogP contribution in [0.4, 0.5) is 0 Å². The molecule has 4 fully saturated rings. The molecule has 0 radical (unpaired) electrons. The molecule has 0 aromatic rings. The van der Waals surface area contributed by atoms with E-state index in [1.54, 1.807) is 0 Å². The predicted octanol–water partition coefficient (Wildman–Crippen LogP) is 3.54. The van der Waals surface area contributed by atoms with Crippen LogP contribution < -0.4 is 5.73 Å². The maximum absolute atomic E-state index is 12.7. The van der Waals surface area contributed by atoms with E-state index in [9.17, 15) is 9.90 Å². The van der Waals surface area contributed by atoms with Crippen molar-refractivity contribution in [1.82, 2.24) is 0 Å². The molecular weight excluding hydrogens is 352 g/mol. The largest absolute Gasteiger partial charge is 0.396 e. The van der Waals surface area contributed by atoms with Gasteiger partial charge in [-0.05, 0) is 86.4 Å². The van der Waals surface area contributed by atoms with Crippen molar-refractivity contribution in [1.29, 1.82) is 0 Å². The van der Waals surface area contributed by atoms with Gasteiger partial charge in [0, 0.05) is 25.0 Å². The van der Waals surface area contributed by atoms with Gasteiger partial charge in [0.1, 0.15) is 12.4 Å². The second kappa shape index (κ2) is 7.71. The Morgan fingerprint density at radius 2 is 2.00 bits per heavy atom. The van der Waals surface area contributed by atoms with Gasteiger partial charge < -0.3 is 15.7 Å². The summed E-state index contributed by atoms with van der Waals surface area (Å²) >= 11 is 0. The number of ketones is 1. The number of fused-ring (bicyclic) bond motifs is 5. The van der Waals surface area contributed by atoms with Crippen LogP contribution in [0.2, 0.25) is 0 Å². The van der Waals surface area contributed by atoms with Gasteiger partial charge in [-0.1, -0.05) is 19.0 Å². The lowest BCUT2D eigenvalue weighted by molar-refractivity contribution is -0.143. The van der Waals surface area contributed by atoms with Crippen molar-refractivity contribution < 1.29 is 14.7 Å². The van der Waals surface area contributed by atoms with E-state index in [1.807, 2.05) is 0 Å². The van der Waals surface area contributed by atoms with Crippen LogP contribution in [-0.2, 0) is 9.63 Å². The van der Waals surface area contributed by atoms with Gasteiger partial charge in [-0.15, -0.1) is 0 Å². The summed E-state index contributed by atoms with van der Waals surface area (Å²) in [7, 11) is 0. The fraction of sp³-hybridized carbons (Fsp3) is 0.913. The Morgan fingerprint density at radius 1 is 1.18 bits per heavy atom. The number of hydrogen-bond acceptors (Lipinski definition) is 5. The van der Waals surface area contributed by atoms with Crippen molar-refractivity contribution in [2.75, 3.05) is 19.8 Å². The second-order valence-electron chi connectivity index (χ2n) is 10.4. The van der Waals surface area contributed by atoms with E-state index in [-0.39, 0.29) is 12.0 Å². The Morgan fingerprint density at radius 3 is 2.75 bits per heavy atom. The number of rotatable bonds is 5. The zero-order valence-electron chi connectivity index (χ0n) is 17.7. The molecule has 0 unspecified atom stereocenters. The molecule has 0 heterocycles. The molecular formula is C23H38N2O3. The second-order valence-corrected chi connectivity index (χ2v) is 10.4. The molecule has 158 valence electrons. The van der Waals surface area contributed by atoms with E-state index in [4.69, 9.17) is 10.6 Å². The van der Waals surface area contributed by atoms with Gasteiger partial charge in [-0.3, -0.25) is 4.79 Å². The summed E-state index contributed by atoms with van der Waals surface area (Å²) in [6.45, 7) is 5.98. The first-order chi connectivity index (χ1) is 13.4. The Kier molecular flexibility index (Phi) is 5.60. The summed E-state index contributed by atoms with van der Waals surface area (Å²) in [6.07, 6.45) is 9.34. The van der Waals surface area contributed by atoms with E-state index in [0.717, 1.165) is 44.9 Å². The van der Waals surface area contributed by atoms with Gasteiger partial charge in [-0.25, -0.2) is 0 Å². The molecule has 0 spiro atoms. The molecule has 0 amide bonds. The number of carbonyl (C=O) groups is 1. The molecule has 4 aliphatic carbocycles. The summed E-state index contributed by atoms with van der Waals surface area (Å²) in [6, 6.07) is 0. The highest BCUT2D eigenvalue weighted by Crippen LogP contribution is 2.66. The summed E-state index contributed by atoms with van der Waals surface area (Å²) in [4.78, 5) is 18.1. The molecule has 0 aromatic heterocycles. The maximum Gasteiger partial charge on any atom is 0.139 e. The third-order valence-corrected chi connectivity index (χ3v) is 9.29. The molecule has 4 rings (SSSR count). The smallest absolute Gasteiger partial charge is 0.139 e. The van der Waals surface area contributed by atoms with Gasteiger partial charge in [-0.2, -0.15) is 0 Å². The van der Waals surface area contributed by atoms with Crippen LogP contribution in [0.25, 0.3) is 0 Å². The number of Topliss-reactive ketones (excluding diaryl/α,β-unsaturated/α-hetero) is 1. The zero-order valence-corrected chi connectivity index (χ0v) is 17.7. The van der Waals surface area contributed by atoms with E-state index >= 15 is 0 Å². The maximum atomic E-state index is 12.7. The lowest BCUT2D eigenvalue weighted by atomic mass is 9.43. The number of aliphatic hydroxyl groups is 1. The molecule has 0 saturated heterocycles. The highest BCUT2D eigenvalue weighted by atomic mass is 16.6. The van der Waals surface area contributed by atoms with E-state index in [1.165, 1.54) is 18.6 Å². The fourth-order valence-corrected chi connectivity index (χ4v) is 7.83. The van der Waals surface area contributed by atoms with E-state index in [0.29, 0.717) is 53.9 Å². The highest BCUT2D eigenvalue weighted by Gasteiger charge is 2.61. The van der Waals surface area contributed by atoms with Crippen LogP contribution in [-0.4, -0.2) is 36.4 Å². The lowest BCUT2D eigenvalue weighted by Crippen LogP contribution is -2.56. The molecule has 7 atom stereocenters. The van der Waals surface area contributed by atoms with Crippen molar-refractivity contribution in [2.45, 2.75) is 71.6 Å². The minimum atomic E-state index is -0.0779. The highest BCUT2D eigenvalue weighted by molar-refractivity contribution is 5.87. The SMILES string of the molecule is C[C@]12CC/C(=N\OCCN)C[C@@H]1[C@@H](CCO)C[C@@H]1[C@@H]2CC[C@]2(C)C(=O)CC[C@@H]12. The van der Waals surface area contributed by atoms with Gasteiger partial charge in [0.2, 0.25) is 0 Å². The predicted molar refractivity (Wildman–Crippen MR) is 110 cm³/mol. The van der Waals surface area contributed by atoms with Gasteiger partial charge in [0.25, 0.3) is 0 Å². The Bertz CT molecular complexity index is 635. The first-order valence-electron chi connectivity index (χ1n) is 11.5. The first kappa shape index (κ1) is 20.3. The molecule has 5 heteroatoms. The number of carbonyl (C=O) groups excluding carboxylic acids is 1. The average molecular weight is 391 g/mol. The van der Waals surface area contributed by atoms with Crippen LogP contribution in [0.1, 0.15) is 71.6 Å². The van der Waals surface area contributed by atoms with Crippen LogP contribution in [0.3, 0.4) is 0 Å². The monoisotopic (exact) mass is 390 g/mol. The average Bonchev–Trinajstić information content (AvgIpc) is 2.98. The number of aliphatic hydroxyl groups excluding tert-OH is 1. The van der Waals surface area contributed by atoms with E-state index in [2.05, 4.69) is 19.0 Å². The number of nitrogens with zero attached hydrogens (tertiary/aromatic N) is 1. The first-order valence-corrected chi connectivity index (χ1v) is 11.5. The Balaban J connectivity index is 1.60. The summed E-state index contributed by atoms with van der Waals surface area (Å²) in [5, 5.41) is 14.2. The van der Waals surface area contributed by atoms with Crippen LogP contribution in [0, 0.1) is 40.4 Å². The third-order valence-electron chi connectivity index (χ3n) is 9.29. The molecule has 4 saturated carbocycles. The normalized spacial score (nSPS) is 46.8. The number of hydrogen-bond donors (Lipinski definition) is 2. The Hall–Kier alpha value is -0.940. The minimum absolute atomic E-state index is 0.0779. The fourth-order valence-electron chi connectivity index (χ4n) is 7.83. The summed E-state index contributed by atoms with van der Waals surface area (Å²) in [5.74, 6) is 3.52. The van der Waals surface area contributed by atoms with Crippen LogP contribution in [0.5, 0.6) is 0 Å². The molecule has 4 aliphatic rings. The van der Waals surface area contributed by atoms with Crippen molar-refractivity contribution in [3.8, 4) is 0 Å². The minimum Gasteiger partial charge on any atom is -0.396 e. The molecule has 3 N–H and O–H groups in total. The molecule has 0 bridgehead atoms. The molecule has 0 aliphatic heterocycles. The van der Waals surface area contributed by atoms with Gasteiger partial charge in [0.05, 0.1) is 5.71 Å². The number of oxime groups is 1. The van der Waals surface area contributed by atoms with Gasteiger partial charge >= 0.3 is 0 Å². The van der Waals surface area contributed by atoms with E-state index < -0.39 is 0 Å². The zero-order chi connectivity index (χ0) is 19.9. The van der Waals surface area contributed by atoms with Crippen molar-refractivity contribution in [3.63, 3.8) is 0 Å². The number of nitrogens with two attached hydrogens (primary N) is 1. The van der Waals surface area contributed by atoms with Gasteiger partial charge in [0.15, 0.2) is 0 Å². The standard InChI is InChI=1S/C23H38N2O3/c1-22-8-5-16(25-28-12-10-24)14-20(22)15(7-11-26)13-17-18-3-4-21(27)23(18,2)9-6-19(17)22/h15,17-20,26H,3-14,24H2,1-2H3/b25-16+/t15-,17-,18-,19-,20+,22+,23-/m0/s1. The lowest BCUT2D eigenvalue weighted by Gasteiger charge is -2.62. The topological polar surface area (TPSA) is 84.9 Å². The van der Waals surface area contributed by atoms with Crippen molar-refractivity contribution in [3.05, 3.63) is 0 Å².